The molecular formula is C28H23NO2. The molecule has 0 radical (unpaired) electrons. The Kier molecular flexibility index (Phi) is 5.95. The van der Waals surface area contributed by atoms with Crippen LogP contribution in [0.15, 0.2) is 121 Å². The number of nitrogens with zero attached hydrogens (tertiary/aromatic N) is 1. The van der Waals surface area contributed by atoms with Gasteiger partial charge in [0.15, 0.2) is 0 Å². The van der Waals surface area contributed by atoms with Crippen LogP contribution in [-0.4, -0.2) is 5.97 Å². The molecule has 4 aromatic rings. The summed E-state index contributed by atoms with van der Waals surface area (Å²) in [5.74, 6) is 0.0896. The van der Waals surface area contributed by atoms with Crippen LogP contribution < -0.4 is 9.64 Å². The molecule has 3 heteroatoms. The summed E-state index contributed by atoms with van der Waals surface area (Å²) in [6, 6.07) is 36.5. The van der Waals surface area contributed by atoms with Crippen molar-refractivity contribution in [2.75, 3.05) is 4.90 Å². The van der Waals surface area contributed by atoms with Gasteiger partial charge in [0.1, 0.15) is 5.75 Å². The third kappa shape index (κ3) is 4.73. The first kappa shape index (κ1) is 20.2. The van der Waals surface area contributed by atoms with Crippen LogP contribution in [0.3, 0.4) is 0 Å². The van der Waals surface area contributed by atoms with Crippen molar-refractivity contribution in [1.82, 2.24) is 0 Å². The molecule has 0 unspecified atom stereocenters. The topological polar surface area (TPSA) is 29.5 Å². The minimum atomic E-state index is -0.418. The van der Waals surface area contributed by atoms with Gasteiger partial charge in [-0.2, -0.15) is 0 Å². The van der Waals surface area contributed by atoms with Crippen molar-refractivity contribution in [3.05, 3.63) is 121 Å². The molecule has 4 aromatic carbocycles. The Bertz CT molecular complexity index is 1130. The molecular weight excluding hydrogens is 382 g/mol. The van der Waals surface area contributed by atoms with E-state index in [1.54, 1.807) is 19.1 Å². The van der Waals surface area contributed by atoms with E-state index in [-0.39, 0.29) is 0 Å². The van der Waals surface area contributed by atoms with E-state index >= 15 is 0 Å². The summed E-state index contributed by atoms with van der Waals surface area (Å²) in [6.07, 6.45) is 0. The lowest BCUT2D eigenvalue weighted by atomic mass is 10.0. The first-order chi connectivity index (χ1) is 15.1. The standard InChI is InChI=1S/C28H23NO2/c1-21(2)28(30)31-27-19-15-23(16-20-27)22-13-17-26(18-14-22)29(24-9-5-3-6-10-24)25-11-7-4-8-12-25/h3-20H,1H2,2H3. The van der Waals surface area contributed by atoms with Crippen molar-refractivity contribution in [2.24, 2.45) is 0 Å². The van der Waals surface area contributed by atoms with Gasteiger partial charge in [-0.1, -0.05) is 67.2 Å². The molecule has 0 aliphatic heterocycles. The number of ether oxygens (including phenoxy) is 1. The second-order valence-corrected chi connectivity index (χ2v) is 7.25. The van der Waals surface area contributed by atoms with E-state index in [0.717, 1.165) is 28.2 Å². The Balaban J connectivity index is 1.60. The normalized spacial score (nSPS) is 10.4. The van der Waals surface area contributed by atoms with E-state index in [0.29, 0.717) is 11.3 Å². The SMILES string of the molecule is C=C(C)C(=O)Oc1ccc(-c2ccc(N(c3ccccc3)c3ccccc3)cc2)cc1. The number of esters is 1. The summed E-state index contributed by atoms with van der Waals surface area (Å²) < 4.78 is 5.27. The van der Waals surface area contributed by atoms with E-state index in [2.05, 4.69) is 60.0 Å². The molecule has 0 amide bonds. The summed E-state index contributed by atoms with van der Waals surface area (Å²) in [4.78, 5) is 13.9. The van der Waals surface area contributed by atoms with Gasteiger partial charge in [-0.25, -0.2) is 4.79 Å². The molecule has 0 aliphatic carbocycles. The molecule has 0 aromatic heterocycles. The van der Waals surface area contributed by atoms with Crippen molar-refractivity contribution in [2.45, 2.75) is 6.92 Å². The van der Waals surface area contributed by atoms with Crippen molar-refractivity contribution in [3.63, 3.8) is 0 Å². The Morgan fingerprint density at radius 3 is 1.52 bits per heavy atom. The number of hydrogen-bond acceptors (Lipinski definition) is 3. The second-order valence-electron chi connectivity index (χ2n) is 7.25. The fraction of sp³-hybridized carbons (Fsp3) is 0.0357. The number of rotatable bonds is 6. The van der Waals surface area contributed by atoms with Crippen LogP contribution in [-0.2, 0) is 4.79 Å². The largest absolute Gasteiger partial charge is 0.423 e. The maximum absolute atomic E-state index is 11.7. The van der Waals surface area contributed by atoms with Gasteiger partial charge in [0, 0.05) is 22.6 Å². The van der Waals surface area contributed by atoms with Crippen molar-refractivity contribution < 1.29 is 9.53 Å². The molecule has 31 heavy (non-hydrogen) atoms. The summed E-state index contributed by atoms with van der Waals surface area (Å²) in [7, 11) is 0. The lowest BCUT2D eigenvalue weighted by Crippen LogP contribution is -2.09. The highest BCUT2D eigenvalue weighted by atomic mass is 16.5. The summed E-state index contributed by atoms with van der Waals surface area (Å²) in [6.45, 7) is 5.24. The van der Waals surface area contributed by atoms with Gasteiger partial charge < -0.3 is 9.64 Å². The third-order valence-electron chi connectivity index (χ3n) is 4.90. The predicted molar refractivity (Wildman–Crippen MR) is 127 cm³/mol. The zero-order valence-corrected chi connectivity index (χ0v) is 17.4. The van der Waals surface area contributed by atoms with Gasteiger partial charge in [-0.15, -0.1) is 0 Å². The van der Waals surface area contributed by atoms with Crippen LogP contribution >= 0.6 is 0 Å². The lowest BCUT2D eigenvalue weighted by Gasteiger charge is -2.25. The van der Waals surface area contributed by atoms with Gasteiger partial charge in [-0.3, -0.25) is 0 Å². The van der Waals surface area contributed by atoms with Gasteiger partial charge in [0.2, 0.25) is 0 Å². The molecule has 0 saturated heterocycles. The molecule has 0 aliphatic rings. The lowest BCUT2D eigenvalue weighted by molar-refractivity contribution is -0.130. The van der Waals surface area contributed by atoms with Crippen LogP contribution in [0.25, 0.3) is 11.1 Å². The molecule has 0 atom stereocenters. The summed E-state index contributed by atoms with van der Waals surface area (Å²) in [5, 5.41) is 0. The zero-order chi connectivity index (χ0) is 21.6. The average Bonchev–Trinajstić information content (AvgIpc) is 2.82. The molecule has 0 N–H and O–H groups in total. The van der Waals surface area contributed by atoms with E-state index in [4.69, 9.17) is 4.74 Å². The highest BCUT2D eigenvalue weighted by molar-refractivity contribution is 5.88. The number of carbonyl (C=O) groups is 1. The highest BCUT2D eigenvalue weighted by Crippen LogP contribution is 2.35. The van der Waals surface area contributed by atoms with Gasteiger partial charge in [-0.05, 0) is 66.6 Å². The minimum absolute atomic E-state index is 0.376. The molecule has 4 rings (SSSR count). The molecule has 0 saturated carbocycles. The molecule has 0 fully saturated rings. The van der Waals surface area contributed by atoms with Gasteiger partial charge in [0.25, 0.3) is 0 Å². The Hall–Kier alpha value is -4.11. The van der Waals surface area contributed by atoms with Crippen molar-refractivity contribution >= 4 is 23.0 Å². The Morgan fingerprint density at radius 2 is 1.06 bits per heavy atom. The smallest absolute Gasteiger partial charge is 0.338 e. The van der Waals surface area contributed by atoms with Crippen molar-refractivity contribution in [1.29, 1.82) is 0 Å². The third-order valence-corrected chi connectivity index (χ3v) is 4.90. The van der Waals surface area contributed by atoms with Gasteiger partial charge >= 0.3 is 5.97 Å². The van der Waals surface area contributed by atoms with E-state index in [1.165, 1.54) is 0 Å². The molecule has 152 valence electrons. The monoisotopic (exact) mass is 405 g/mol. The molecule has 0 spiro atoms. The van der Waals surface area contributed by atoms with Crippen LogP contribution in [0.2, 0.25) is 0 Å². The van der Waals surface area contributed by atoms with Crippen LogP contribution in [0.4, 0.5) is 17.1 Å². The summed E-state index contributed by atoms with van der Waals surface area (Å²) in [5.41, 5.74) is 5.79. The van der Waals surface area contributed by atoms with Gasteiger partial charge in [0.05, 0.1) is 0 Å². The first-order valence-corrected chi connectivity index (χ1v) is 10.1. The predicted octanol–water partition coefficient (Wildman–Crippen LogP) is 7.30. The zero-order valence-electron chi connectivity index (χ0n) is 17.4. The van der Waals surface area contributed by atoms with Crippen LogP contribution in [0.1, 0.15) is 6.92 Å². The quantitative estimate of drug-likeness (QED) is 0.191. The molecule has 0 bridgehead atoms. The summed E-state index contributed by atoms with van der Waals surface area (Å²) >= 11 is 0. The fourth-order valence-corrected chi connectivity index (χ4v) is 3.31. The number of benzene rings is 4. The number of para-hydroxylation sites is 2. The Morgan fingerprint density at radius 1 is 0.645 bits per heavy atom. The van der Waals surface area contributed by atoms with E-state index in [1.807, 2.05) is 48.5 Å². The van der Waals surface area contributed by atoms with E-state index in [9.17, 15) is 4.79 Å². The van der Waals surface area contributed by atoms with Crippen LogP contribution in [0.5, 0.6) is 5.75 Å². The average molecular weight is 405 g/mol. The highest BCUT2D eigenvalue weighted by Gasteiger charge is 2.12. The minimum Gasteiger partial charge on any atom is -0.423 e. The maximum atomic E-state index is 11.7. The molecule has 0 heterocycles. The Labute approximate surface area is 182 Å². The number of anilines is 3. The van der Waals surface area contributed by atoms with Crippen molar-refractivity contribution in [3.8, 4) is 16.9 Å². The number of hydrogen-bond donors (Lipinski definition) is 0. The number of carbonyl (C=O) groups excluding carboxylic acids is 1. The van der Waals surface area contributed by atoms with E-state index < -0.39 is 5.97 Å². The second kappa shape index (κ2) is 9.14. The maximum Gasteiger partial charge on any atom is 0.338 e. The van der Waals surface area contributed by atoms with Crippen LogP contribution in [0, 0.1) is 0 Å². The fourth-order valence-electron chi connectivity index (χ4n) is 3.31. The molecule has 3 nitrogen and oxygen atoms in total. The first-order valence-electron chi connectivity index (χ1n) is 10.1.